The second-order valence-corrected chi connectivity index (χ2v) is 10.9. The van der Waals surface area contributed by atoms with Crippen LogP contribution in [0.25, 0.3) is 0 Å². The molecule has 2 aromatic rings. The molecular weight excluding hydrogens is 502 g/mol. The Morgan fingerprint density at radius 3 is 2.61 bits per heavy atom. The van der Waals surface area contributed by atoms with Crippen molar-refractivity contribution in [1.82, 2.24) is 14.2 Å². The van der Waals surface area contributed by atoms with Crippen LogP contribution < -0.4 is 4.74 Å². The van der Waals surface area contributed by atoms with E-state index in [0.29, 0.717) is 56.1 Å². The molecule has 2 amide bonds. The van der Waals surface area contributed by atoms with E-state index in [1.54, 1.807) is 9.80 Å². The topological polar surface area (TPSA) is 100 Å². The third-order valence-electron chi connectivity index (χ3n) is 7.69. The van der Waals surface area contributed by atoms with Crippen LogP contribution in [0.5, 0.6) is 5.75 Å². The summed E-state index contributed by atoms with van der Waals surface area (Å²) in [6, 6.07) is 5.08. The van der Waals surface area contributed by atoms with Crippen LogP contribution >= 0.6 is 23.1 Å². The van der Waals surface area contributed by atoms with E-state index >= 15 is 0 Å². The van der Waals surface area contributed by atoms with Crippen molar-refractivity contribution in [2.24, 2.45) is 11.8 Å². The highest BCUT2D eigenvalue weighted by Gasteiger charge is 2.43. The van der Waals surface area contributed by atoms with Crippen LogP contribution in [0.15, 0.2) is 23.6 Å². The van der Waals surface area contributed by atoms with E-state index in [-0.39, 0.29) is 18.4 Å². The molecule has 2 fully saturated rings. The van der Waals surface area contributed by atoms with Gasteiger partial charge in [-0.05, 0) is 61.0 Å². The molecule has 1 saturated carbocycles. The summed E-state index contributed by atoms with van der Waals surface area (Å²) in [5.74, 6) is -1.60. The van der Waals surface area contributed by atoms with E-state index in [9.17, 15) is 19.5 Å². The number of halogens is 1. The SMILES string of the molecule is O=C(O)[C@@H]1CCCCC1C(=O)N1CCc2c(Cl)ccc(OCc3ccsn3)c2[C@H]1CN1CCCC1=O. The zero-order valence-corrected chi connectivity index (χ0v) is 21.6. The van der Waals surface area contributed by atoms with Crippen LogP contribution in [-0.4, -0.2) is 56.7 Å². The first-order valence-corrected chi connectivity index (χ1v) is 13.8. The van der Waals surface area contributed by atoms with Crippen LogP contribution in [0.3, 0.4) is 0 Å². The van der Waals surface area contributed by atoms with Crippen molar-refractivity contribution >= 4 is 40.9 Å². The Hall–Kier alpha value is -2.65. The molecule has 0 spiro atoms. The molecule has 1 saturated heterocycles. The van der Waals surface area contributed by atoms with E-state index in [2.05, 4.69) is 4.37 Å². The van der Waals surface area contributed by atoms with Gasteiger partial charge in [0.15, 0.2) is 0 Å². The van der Waals surface area contributed by atoms with Gasteiger partial charge >= 0.3 is 5.97 Å². The molecule has 10 heteroatoms. The highest BCUT2D eigenvalue weighted by Crippen LogP contribution is 2.43. The molecule has 0 bridgehead atoms. The number of nitrogens with zero attached hydrogens (tertiary/aromatic N) is 3. The number of carbonyl (C=O) groups is 3. The van der Waals surface area contributed by atoms with Gasteiger partial charge in [-0.2, -0.15) is 4.37 Å². The highest BCUT2D eigenvalue weighted by atomic mass is 35.5. The monoisotopic (exact) mass is 531 g/mol. The first-order chi connectivity index (χ1) is 17.4. The summed E-state index contributed by atoms with van der Waals surface area (Å²) in [6.45, 7) is 1.69. The molecule has 3 heterocycles. The normalized spacial score (nSPS) is 24.0. The van der Waals surface area contributed by atoms with E-state index in [4.69, 9.17) is 16.3 Å². The maximum Gasteiger partial charge on any atom is 0.307 e. The molecule has 5 rings (SSSR count). The quantitative estimate of drug-likeness (QED) is 0.571. The molecule has 0 radical (unpaired) electrons. The first kappa shape index (κ1) is 25.0. The van der Waals surface area contributed by atoms with Crippen molar-refractivity contribution in [3.05, 3.63) is 45.4 Å². The van der Waals surface area contributed by atoms with Gasteiger partial charge < -0.3 is 19.6 Å². The number of ether oxygens (including phenoxy) is 1. The second kappa shape index (κ2) is 10.8. The Morgan fingerprint density at radius 1 is 1.11 bits per heavy atom. The summed E-state index contributed by atoms with van der Waals surface area (Å²) < 4.78 is 10.5. The van der Waals surface area contributed by atoms with Gasteiger partial charge in [0.25, 0.3) is 0 Å². The van der Waals surface area contributed by atoms with Crippen LogP contribution in [0, 0.1) is 11.8 Å². The third-order valence-corrected chi connectivity index (χ3v) is 8.64. The zero-order chi connectivity index (χ0) is 25.2. The van der Waals surface area contributed by atoms with Crippen molar-refractivity contribution in [1.29, 1.82) is 0 Å². The van der Waals surface area contributed by atoms with Crippen molar-refractivity contribution in [2.75, 3.05) is 19.6 Å². The molecule has 3 aliphatic rings. The lowest BCUT2D eigenvalue weighted by Gasteiger charge is -2.43. The summed E-state index contributed by atoms with van der Waals surface area (Å²) in [4.78, 5) is 42.1. The number of carboxylic acids is 1. The number of hydrogen-bond donors (Lipinski definition) is 1. The van der Waals surface area contributed by atoms with Crippen molar-refractivity contribution in [2.45, 2.75) is 57.6 Å². The maximum atomic E-state index is 14.0. The van der Waals surface area contributed by atoms with Gasteiger partial charge in [-0.15, -0.1) is 0 Å². The average molecular weight is 532 g/mol. The molecule has 36 heavy (non-hydrogen) atoms. The Balaban J connectivity index is 1.51. The van der Waals surface area contributed by atoms with Gasteiger partial charge in [0.2, 0.25) is 11.8 Å². The van der Waals surface area contributed by atoms with E-state index in [0.717, 1.165) is 36.1 Å². The number of amides is 2. The van der Waals surface area contributed by atoms with Gasteiger partial charge in [-0.1, -0.05) is 24.4 Å². The van der Waals surface area contributed by atoms with Crippen LogP contribution in [0.2, 0.25) is 5.02 Å². The maximum absolute atomic E-state index is 14.0. The fourth-order valence-corrected chi connectivity index (χ4v) is 6.65. The van der Waals surface area contributed by atoms with Crippen LogP contribution in [0.4, 0.5) is 0 Å². The van der Waals surface area contributed by atoms with E-state index < -0.39 is 23.8 Å². The highest BCUT2D eigenvalue weighted by molar-refractivity contribution is 7.03. The fourth-order valence-electron chi connectivity index (χ4n) is 5.86. The van der Waals surface area contributed by atoms with Gasteiger partial charge in [-0.3, -0.25) is 14.4 Å². The lowest BCUT2D eigenvalue weighted by Crippen LogP contribution is -2.50. The lowest BCUT2D eigenvalue weighted by atomic mass is 9.77. The van der Waals surface area contributed by atoms with Gasteiger partial charge in [-0.25, -0.2) is 0 Å². The largest absolute Gasteiger partial charge is 0.487 e. The molecule has 1 aromatic heterocycles. The molecule has 8 nitrogen and oxygen atoms in total. The molecular formula is C26H30ClN3O5S. The molecule has 1 aromatic carbocycles. The first-order valence-electron chi connectivity index (χ1n) is 12.6. The minimum atomic E-state index is -0.910. The van der Waals surface area contributed by atoms with Gasteiger partial charge in [0, 0.05) is 42.0 Å². The summed E-state index contributed by atoms with van der Waals surface area (Å²) >= 11 is 7.99. The Morgan fingerprint density at radius 2 is 1.92 bits per heavy atom. The Bertz CT molecular complexity index is 1140. The fraction of sp³-hybridized carbons (Fsp3) is 0.538. The van der Waals surface area contributed by atoms with E-state index in [1.165, 1.54) is 11.5 Å². The Kier molecular flexibility index (Phi) is 7.48. The number of fused-ring (bicyclic) bond motifs is 1. The number of carbonyl (C=O) groups excluding carboxylic acids is 2. The smallest absolute Gasteiger partial charge is 0.307 e. The van der Waals surface area contributed by atoms with Crippen molar-refractivity contribution in [3.63, 3.8) is 0 Å². The summed E-state index contributed by atoms with van der Waals surface area (Å²) in [6.07, 6.45) is 4.57. The Labute approximate surface area is 219 Å². The van der Waals surface area contributed by atoms with Gasteiger partial charge in [0.05, 0.1) is 23.6 Å². The van der Waals surface area contributed by atoms with Crippen molar-refractivity contribution in [3.8, 4) is 5.75 Å². The molecule has 1 aliphatic carbocycles. The summed E-state index contributed by atoms with van der Waals surface area (Å²) in [7, 11) is 0. The number of carboxylic acid groups (broad SMARTS) is 1. The predicted octanol–water partition coefficient (Wildman–Crippen LogP) is 4.31. The number of benzene rings is 1. The second-order valence-electron chi connectivity index (χ2n) is 9.79. The third kappa shape index (κ3) is 4.95. The number of aliphatic carboxylic acids is 1. The molecule has 1 unspecified atom stereocenters. The zero-order valence-electron chi connectivity index (χ0n) is 20.0. The number of likely N-dealkylation sites (tertiary alicyclic amines) is 1. The average Bonchev–Trinajstić information content (AvgIpc) is 3.55. The molecule has 3 atom stereocenters. The van der Waals surface area contributed by atoms with Crippen LogP contribution in [-0.2, 0) is 27.4 Å². The lowest BCUT2D eigenvalue weighted by molar-refractivity contribution is -0.154. The van der Waals surface area contributed by atoms with Gasteiger partial charge in [0.1, 0.15) is 12.4 Å². The summed E-state index contributed by atoms with van der Waals surface area (Å²) in [5, 5.41) is 12.3. The predicted molar refractivity (Wildman–Crippen MR) is 135 cm³/mol. The van der Waals surface area contributed by atoms with Crippen molar-refractivity contribution < 1.29 is 24.2 Å². The minimum Gasteiger partial charge on any atom is -0.487 e. The molecule has 192 valence electrons. The number of aromatic nitrogens is 1. The summed E-state index contributed by atoms with van der Waals surface area (Å²) in [5.41, 5.74) is 2.55. The minimum absolute atomic E-state index is 0.0718. The number of hydrogen-bond acceptors (Lipinski definition) is 6. The van der Waals surface area contributed by atoms with E-state index in [1.807, 2.05) is 23.6 Å². The molecule has 1 N–H and O–H groups in total. The van der Waals surface area contributed by atoms with Crippen LogP contribution in [0.1, 0.15) is 61.4 Å². The standard InChI is InChI=1S/C26H30ClN3O5S/c27-20-7-8-22(35-15-16-10-13-36-28-16)24-19(20)9-12-30(21(24)14-29-11-3-6-23(29)31)25(32)17-4-1-2-5-18(17)26(33)34/h7-8,10,13,17-18,21H,1-6,9,11-12,14-15H2,(H,33,34)/t17?,18-,21-/m1/s1. The number of rotatable bonds is 7. The molecule has 2 aliphatic heterocycles.